The average molecular weight is 334 g/mol. The van der Waals surface area contributed by atoms with E-state index in [1.807, 2.05) is 6.92 Å². The topological polar surface area (TPSA) is 58.4 Å². The van der Waals surface area contributed by atoms with E-state index in [2.05, 4.69) is 34.5 Å². The summed E-state index contributed by atoms with van der Waals surface area (Å²) in [4.78, 5) is 14.0. The Morgan fingerprint density at radius 2 is 2.00 bits per heavy atom. The van der Waals surface area contributed by atoms with Crippen LogP contribution in [0.2, 0.25) is 0 Å². The lowest BCUT2D eigenvalue weighted by Crippen LogP contribution is -2.40. The standard InChI is InChI=1S/C15H23N3O.2ClH/c1-12(10-16)15(19)17-7-9-18-8-6-13-4-2-3-5-14(13)11-18;;/h2-5,12H,6-11,16H2,1H3,(H,17,19);2*1H. The first-order chi connectivity index (χ1) is 9.20. The molecule has 0 saturated carbocycles. The number of hydrogen-bond acceptors (Lipinski definition) is 3. The normalized spacial score (nSPS) is 15.1. The maximum atomic E-state index is 11.6. The molecule has 0 aromatic heterocycles. The number of nitrogens with two attached hydrogens (primary N) is 1. The Morgan fingerprint density at radius 1 is 1.33 bits per heavy atom. The van der Waals surface area contributed by atoms with Crippen LogP contribution in [-0.4, -0.2) is 37.0 Å². The van der Waals surface area contributed by atoms with Crippen molar-refractivity contribution in [1.29, 1.82) is 0 Å². The van der Waals surface area contributed by atoms with E-state index in [1.165, 1.54) is 11.1 Å². The maximum Gasteiger partial charge on any atom is 0.224 e. The Labute approximate surface area is 139 Å². The van der Waals surface area contributed by atoms with Gasteiger partial charge in [-0.15, -0.1) is 24.8 Å². The molecule has 2 rings (SSSR count). The van der Waals surface area contributed by atoms with Gasteiger partial charge in [0.2, 0.25) is 5.91 Å². The van der Waals surface area contributed by atoms with Crippen LogP contribution in [-0.2, 0) is 17.8 Å². The van der Waals surface area contributed by atoms with Gasteiger partial charge in [0.15, 0.2) is 0 Å². The first-order valence-corrected chi connectivity index (χ1v) is 6.97. The molecule has 1 aliphatic rings. The molecule has 1 aromatic rings. The minimum absolute atomic E-state index is 0. The fourth-order valence-corrected chi connectivity index (χ4v) is 2.36. The van der Waals surface area contributed by atoms with Gasteiger partial charge in [-0.3, -0.25) is 9.69 Å². The molecular weight excluding hydrogens is 309 g/mol. The second-order valence-electron chi connectivity index (χ2n) is 5.22. The lowest BCUT2D eigenvalue weighted by Gasteiger charge is -2.28. The van der Waals surface area contributed by atoms with E-state index in [0.717, 1.165) is 26.1 Å². The van der Waals surface area contributed by atoms with Crippen LogP contribution in [0.4, 0.5) is 0 Å². The highest BCUT2D eigenvalue weighted by Gasteiger charge is 2.16. The molecule has 0 aliphatic carbocycles. The van der Waals surface area contributed by atoms with Crippen molar-refractivity contribution in [3.8, 4) is 0 Å². The van der Waals surface area contributed by atoms with Gasteiger partial charge in [0.05, 0.1) is 0 Å². The monoisotopic (exact) mass is 333 g/mol. The van der Waals surface area contributed by atoms with E-state index in [-0.39, 0.29) is 36.6 Å². The third-order valence-electron chi connectivity index (χ3n) is 3.74. The molecule has 1 heterocycles. The molecule has 1 atom stereocenters. The molecule has 0 fully saturated rings. The molecule has 1 amide bonds. The summed E-state index contributed by atoms with van der Waals surface area (Å²) in [5.41, 5.74) is 8.34. The summed E-state index contributed by atoms with van der Waals surface area (Å²) in [7, 11) is 0. The van der Waals surface area contributed by atoms with Gasteiger partial charge in [-0.1, -0.05) is 31.2 Å². The molecule has 120 valence electrons. The summed E-state index contributed by atoms with van der Waals surface area (Å²) in [5.74, 6) is -0.0398. The van der Waals surface area contributed by atoms with Crippen LogP contribution < -0.4 is 11.1 Å². The Morgan fingerprint density at radius 3 is 2.67 bits per heavy atom. The minimum atomic E-state index is -0.0953. The Kier molecular flexibility index (Phi) is 9.62. The molecule has 0 spiro atoms. The van der Waals surface area contributed by atoms with Crippen LogP contribution in [0.1, 0.15) is 18.1 Å². The molecule has 0 saturated heterocycles. The van der Waals surface area contributed by atoms with Crippen molar-refractivity contribution in [2.24, 2.45) is 11.7 Å². The summed E-state index contributed by atoms with van der Waals surface area (Å²) in [6, 6.07) is 8.59. The number of halogens is 2. The number of carbonyl (C=O) groups excluding carboxylic acids is 1. The van der Waals surface area contributed by atoms with Gasteiger partial charge in [0.1, 0.15) is 0 Å². The second kappa shape index (κ2) is 10.0. The van der Waals surface area contributed by atoms with Crippen molar-refractivity contribution >= 4 is 30.7 Å². The van der Waals surface area contributed by atoms with Crippen molar-refractivity contribution in [3.05, 3.63) is 35.4 Å². The van der Waals surface area contributed by atoms with Crippen molar-refractivity contribution in [3.63, 3.8) is 0 Å². The fraction of sp³-hybridized carbons (Fsp3) is 0.533. The van der Waals surface area contributed by atoms with E-state index in [0.29, 0.717) is 13.1 Å². The third-order valence-corrected chi connectivity index (χ3v) is 3.74. The minimum Gasteiger partial charge on any atom is -0.355 e. The van der Waals surface area contributed by atoms with Crippen LogP contribution in [0, 0.1) is 5.92 Å². The summed E-state index contributed by atoms with van der Waals surface area (Å²) in [6.45, 7) is 5.91. The van der Waals surface area contributed by atoms with Gasteiger partial charge >= 0.3 is 0 Å². The van der Waals surface area contributed by atoms with Gasteiger partial charge in [0.25, 0.3) is 0 Å². The van der Waals surface area contributed by atoms with Gasteiger partial charge in [-0.05, 0) is 17.5 Å². The van der Waals surface area contributed by atoms with E-state index in [1.54, 1.807) is 0 Å². The number of rotatable bonds is 5. The Hall–Kier alpha value is -0.810. The van der Waals surface area contributed by atoms with Gasteiger partial charge < -0.3 is 11.1 Å². The summed E-state index contributed by atoms with van der Waals surface area (Å²) < 4.78 is 0. The molecule has 1 aromatic carbocycles. The predicted octanol–water partition coefficient (Wildman–Crippen LogP) is 1.60. The molecule has 1 unspecified atom stereocenters. The number of hydrogen-bond donors (Lipinski definition) is 2. The summed E-state index contributed by atoms with van der Waals surface area (Å²) in [5, 5.41) is 2.94. The molecule has 0 radical (unpaired) electrons. The first kappa shape index (κ1) is 20.2. The predicted molar refractivity (Wildman–Crippen MR) is 91.1 cm³/mol. The lowest BCUT2D eigenvalue weighted by molar-refractivity contribution is -0.124. The highest BCUT2D eigenvalue weighted by molar-refractivity contribution is 5.85. The lowest BCUT2D eigenvalue weighted by atomic mass is 10.00. The highest BCUT2D eigenvalue weighted by Crippen LogP contribution is 2.17. The number of nitrogens with zero attached hydrogens (tertiary/aromatic N) is 1. The van der Waals surface area contributed by atoms with E-state index >= 15 is 0 Å². The average Bonchev–Trinajstić information content (AvgIpc) is 2.46. The van der Waals surface area contributed by atoms with Gasteiger partial charge in [-0.25, -0.2) is 0 Å². The Bertz CT molecular complexity index is 443. The van der Waals surface area contributed by atoms with Crippen molar-refractivity contribution in [2.45, 2.75) is 19.9 Å². The van der Waals surface area contributed by atoms with Gasteiger partial charge in [0, 0.05) is 38.6 Å². The second-order valence-corrected chi connectivity index (χ2v) is 5.22. The number of amides is 1. The van der Waals surface area contributed by atoms with Crippen molar-refractivity contribution in [2.75, 3.05) is 26.2 Å². The van der Waals surface area contributed by atoms with Crippen molar-refractivity contribution in [1.82, 2.24) is 10.2 Å². The SMILES string of the molecule is CC(CN)C(=O)NCCN1CCc2ccccc2C1.Cl.Cl. The zero-order valence-corrected chi connectivity index (χ0v) is 14.0. The van der Waals surface area contributed by atoms with Crippen molar-refractivity contribution < 1.29 is 4.79 Å². The van der Waals surface area contributed by atoms with E-state index in [9.17, 15) is 4.79 Å². The Balaban J connectivity index is 0.00000200. The highest BCUT2D eigenvalue weighted by atomic mass is 35.5. The molecule has 3 N–H and O–H groups in total. The summed E-state index contributed by atoms with van der Waals surface area (Å²) >= 11 is 0. The zero-order chi connectivity index (χ0) is 13.7. The molecule has 4 nitrogen and oxygen atoms in total. The zero-order valence-electron chi connectivity index (χ0n) is 12.4. The smallest absolute Gasteiger partial charge is 0.224 e. The molecule has 21 heavy (non-hydrogen) atoms. The van der Waals surface area contributed by atoms with Crippen LogP contribution in [0.5, 0.6) is 0 Å². The first-order valence-electron chi connectivity index (χ1n) is 6.97. The van der Waals surface area contributed by atoms with Crippen LogP contribution in [0.15, 0.2) is 24.3 Å². The fourth-order valence-electron chi connectivity index (χ4n) is 2.36. The van der Waals surface area contributed by atoms with Crippen LogP contribution in [0.25, 0.3) is 0 Å². The molecule has 6 heteroatoms. The maximum absolute atomic E-state index is 11.6. The number of nitrogens with one attached hydrogen (secondary N) is 1. The van der Waals surface area contributed by atoms with E-state index < -0.39 is 0 Å². The third kappa shape index (κ3) is 5.83. The molecular formula is C15H25Cl2N3O. The summed E-state index contributed by atoms with van der Waals surface area (Å²) in [6.07, 6.45) is 1.10. The number of fused-ring (bicyclic) bond motifs is 1. The van der Waals surface area contributed by atoms with E-state index in [4.69, 9.17) is 5.73 Å². The quantitative estimate of drug-likeness (QED) is 0.860. The van der Waals surface area contributed by atoms with Crippen LogP contribution >= 0.6 is 24.8 Å². The molecule has 0 bridgehead atoms. The largest absolute Gasteiger partial charge is 0.355 e. The van der Waals surface area contributed by atoms with Crippen LogP contribution in [0.3, 0.4) is 0 Å². The number of benzene rings is 1. The van der Waals surface area contributed by atoms with Gasteiger partial charge in [-0.2, -0.15) is 0 Å². The molecule has 1 aliphatic heterocycles. The number of carbonyl (C=O) groups is 1.